The van der Waals surface area contributed by atoms with Crippen LogP contribution < -0.4 is 10.2 Å². The molecule has 0 fully saturated rings. The van der Waals surface area contributed by atoms with Gasteiger partial charge in [0.1, 0.15) is 0 Å². The average Bonchev–Trinajstić information content (AvgIpc) is 2.53. The fourth-order valence-corrected chi connectivity index (χ4v) is 2.68. The van der Waals surface area contributed by atoms with Gasteiger partial charge in [0.25, 0.3) is 0 Å². The van der Waals surface area contributed by atoms with E-state index in [0.717, 1.165) is 16.9 Å². The highest BCUT2D eigenvalue weighted by Crippen LogP contribution is 2.30. The number of amides is 2. The lowest BCUT2D eigenvalue weighted by Crippen LogP contribution is -2.44. The van der Waals surface area contributed by atoms with Gasteiger partial charge in [0.05, 0.1) is 5.69 Å². The van der Waals surface area contributed by atoms with Crippen LogP contribution in [0.3, 0.4) is 0 Å². The number of hydrogen-bond acceptors (Lipinski definition) is 2. The first kappa shape index (κ1) is 13.5. The quantitative estimate of drug-likeness (QED) is 0.937. The number of nitrogens with one attached hydrogen (secondary N) is 1. The Morgan fingerprint density at radius 1 is 1.14 bits per heavy atom. The SMILES string of the molecule is CNc1ccc2c(c1)N(C)C(=O)N(Cc1ccccc1)C2. The standard InChI is InChI=1S/C17H19N3O/c1-18-15-9-8-14-12-20(11-13-6-4-3-5-7-13)17(21)19(2)16(14)10-15/h3-10,18H,11-12H2,1-2H3. The predicted octanol–water partition coefficient (Wildman–Crippen LogP) is 3.30. The second kappa shape index (κ2) is 5.48. The van der Waals surface area contributed by atoms with Crippen LogP contribution in [-0.4, -0.2) is 25.0 Å². The number of benzene rings is 2. The van der Waals surface area contributed by atoms with Crippen molar-refractivity contribution >= 4 is 17.4 Å². The van der Waals surface area contributed by atoms with Crippen molar-refractivity contribution in [3.63, 3.8) is 0 Å². The van der Waals surface area contributed by atoms with Crippen molar-refractivity contribution in [2.75, 3.05) is 24.3 Å². The summed E-state index contributed by atoms with van der Waals surface area (Å²) in [4.78, 5) is 16.1. The zero-order valence-electron chi connectivity index (χ0n) is 12.3. The number of fused-ring (bicyclic) bond motifs is 1. The van der Waals surface area contributed by atoms with Crippen molar-refractivity contribution in [3.05, 3.63) is 59.7 Å². The highest BCUT2D eigenvalue weighted by Gasteiger charge is 2.27. The highest BCUT2D eigenvalue weighted by molar-refractivity contribution is 5.95. The Balaban J connectivity index is 1.88. The van der Waals surface area contributed by atoms with Gasteiger partial charge >= 0.3 is 6.03 Å². The molecular weight excluding hydrogens is 262 g/mol. The van der Waals surface area contributed by atoms with Crippen molar-refractivity contribution < 1.29 is 4.79 Å². The monoisotopic (exact) mass is 281 g/mol. The summed E-state index contributed by atoms with van der Waals surface area (Å²) in [5.41, 5.74) is 4.32. The molecule has 1 aliphatic heterocycles. The van der Waals surface area contributed by atoms with Gasteiger partial charge in [0.2, 0.25) is 0 Å². The van der Waals surface area contributed by atoms with Gasteiger partial charge in [-0.2, -0.15) is 0 Å². The van der Waals surface area contributed by atoms with E-state index in [1.807, 2.05) is 61.5 Å². The molecule has 0 aromatic heterocycles. The molecule has 108 valence electrons. The fourth-order valence-electron chi connectivity index (χ4n) is 2.68. The summed E-state index contributed by atoms with van der Waals surface area (Å²) in [5.74, 6) is 0. The number of urea groups is 1. The Morgan fingerprint density at radius 3 is 2.62 bits per heavy atom. The molecule has 1 heterocycles. The minimum atomic E-state index is 0.0413. The fraction of sp³-hybridized carbons (Fsp3) is 0.235. The molecule has 0 saturated heterocycles. The van der Waals surface area contributed by atoms with Crippen LogP contribution in [0, 0.1) is 0 Å². The maximum absolute atomic E-state index is 12.5. The lowest BCUT2D eigenvalue weighted by atomic mass is 10.1. The molecule has 4 nitrogen and oxygen atoms in total. The van der Waals surface area contributed by atoms with E-state index in [0.29, 0.717) is 13.1 Å². The normalized spacial score (nSPS) is 14.1. The third kappa shape index (κ3) is 2.57. The molecule has 2 amide bonds. The zero-order valence-corrected chi connectivity index (χ0v) is 12.3. The summed E-state index contributed by atoms with van der Waals surface area (Å²) < 4.78 is 0. The van der Waals surface area contributed by atoms with Crippen LogP contribution in [0.5, 0.6) is 0 Å². The Labute approximate surface area is 125 Å². The Kier molecular flexibility index (Phi) is 3.52. The van der Waals surface area contributed by atoms with Gasteiger partial charge in [-0.1, -0.05) is 36.4 Å². The molecule has 0 saturated carbocycles. The van der Waals surface area contributed by atoms with E-state index in [1.165, 1.54) is 5.56 Å². The molecule has 1 N–H and O–H groups in total. The van der Waals surface area contributed by atoms with E-state index in [9.17, 15) is 4.79 Å². The molecule has 0 aliphatic carbocycles. The third-order valence-electron chi connectivity index (χ3n) is 3.87. The number of anilines is 2. The minimum absolute atomic E-state index is 0.0413. The summed E-state index contributed by atoms with van der Waals surface area (Å²) in [6.45, 7) is 1.29. The molecule has 0 atom stereocenters. The Hall–Kier alpha value is -2.49. The van der Waals surface area contributed by atoms with Crippen LogP contribution >= 0.6 is 0 Å². The van der Waals surface area contributed by atoms with Gasteiger partial charge < -0.3 is 10.2 Å². The molecular formula is C17H19N3O. The van der Waals surface area contributed by atoms with E-state index in [4.69, 9.17) is 0 Å². The molecule has 2 aromatic carbocycles. The lowest BCUT2D eigenvalue weighted by molar-refractivity contribution is 0.197. The van der Waals surface area contributed by atoms with Crippen LogP contribution in [0.25, 0.3) is 0 Å². The number of rotatable bonds is 3. The van der Waals surface area contributed by atoms with Crippen LogP contribution in [0.1, 0.15) is 11.1 Å². The number of hydrogen-bond donors (Lipinski definition) is 1. The van der Waals surface area contributed by atoms with E-state index < -0.39 is 0 Å². The molecule has 1 aliphatic rings. The van der Waals surface area contributed by atoms with Crippen LogP contribution in [0.2, 0.25) is 0 Å². The second-order valence-corrected chi connectivity index (χ2v) is 5.28. The predicted molar refractivity (Wildman–Crippen MR) is 85.5 cm³/mol. The van der Waals surface area contributed by atoms with E-state index in [2.05, 4.69) is 11.4 Å². The van der Waals surface area contributed by atoms with E-state index in [1.54, 1.807) is 4.90 Å². The minimum Gasteiger partial charge on any atom is -0.388 e. The summed E-state index contributed by atoms with van der Waals surface area (Å²) in [7, 11) is 3.71. The van der Waals surface area contributed by atoms with Crippen LogP contribution in [0.4, 0.5) is 16.2 Å². The second-order valence-electron chi connectivity index (χ2n) is 5.28. The summed E-state index contributed by atoms with van der Waals surface area (Å²) in [6, 6.07) is 16.3. The number of carbonyl (C=O) groups is 1. The van der Waals surface area contributed by atoms with Gasteiger partial charge in [-0.05, 0) is 23.3 Å². The van der Waals surface area contributed by atoms with Gasteiger partial charge in [-0.3, -0.25) is 4.90 Å². The summed E-state index contributed by atoms with van der Waals surface area (Å²) in [6.07, 6.45) is 0. The Bertz CT molecular complexity index is 654. The lowest BCUT2D eigenvalue weighted by Gasteiger charge is -2.35. The van der Waals surface area contributed by atoms with Crippen LogP contribution in [-0.2, 0) is 13.1 Å². The van der Waals surface area contributed by atoms with Crippen molar-refractivity contribution in [1.82, 2.24) is 4.90 Å². The van der Waals surface area contributed by atoms with Gasteiger partial charge in [0.15, 0.2) is 0 Å². The first-order valence-corrected chi connectivity index (χ1v) is 7.06. The summed E-state index contributed by atoms with van der Waals surface area (Å²) >= 11 is 0. The van der Waals surface area contributed by atoms with Crippen molar-refractivity contribution in [2.24, 2.45) is 0 Å². The van der Waals surface area contributed by atoms with Gasteiger partial charge in [-0.15, -0.1) is 0 Å². The highest BCUT2D eigenvalue weighted by atomic mass is 16.2. The topological polar surface area (TPSA) is 35.6 Å². The van der Waals surface area contributed by atoms with Gasteiger partial charge in [0, 0.05) is 32.9 Å². The first-order chi connectivity index (χ1) is 10.2. The number of nitrogens with zero attached hydrogens (tertiary/aromatic N) is 2. The molecule has 0 unspecified atom stereocenters. The molecule has 3 rings (SSSR count). The molecule has 21 heavy (non-hydrogen) atoms. The first-order valence-electron chi connectivity index (χ1n) is 7.06. The van der Waals surface area contributed by atoms with Crippen molar-refractivity contribution in [2.45, 2.75) is 13.1 Å². The molecule has 0 spiro atoms. The van der Waals surface area contributed by atoms with Gasteiger partial charge in [-0.25, -0.2) is 4.79 Å². The van der Waals surface area contributed by atoms with E-state index >= 15 is 0 Å². The largest absolute Gasteiger partial charge is 0.388 e. The summed E-state index contributed by atoms with van der Waals surface area (Å²) in [5, 5.41) is 3.11. The van der Waals surface area contributed by atoms with Crippen molar-refractivity contribution in [1.29, 1.82) is 0 Å². The van der Waals surface area contributed by atoms with E-state index in [-0.39, 0.29) is 6.03 Å². The number of carbonyl (C=O) groups excluding carboxylic acids is 1. The Morgan fingerprint density at radius 2 is 1.90 bits per heavy atom. The maximum Gasteiger partial charge on any atom is 0.324 e. The molecule has 0 radical (unpaired) electrons. The smallest absolute Gasteiger partial charge is 0.324 e. The zero-order chi connectivity index (χ0) is 14.8. The molecule has 4 heteroatoms. The van der Waals surface area contributed by atoms with Crippen LogP contribution in [0.15, 0.2) is 48.5 Å². The molecule has 0 bridgehead atoms. The third-order valence-corrected chi connectivity index (χ3v) is 3.87. The van der Waals surface area contributed by atoms with Crippen molar-refractivity contribution in [3.8, 4) is 0 Å². The maximum atomic E-state index is 12.5. The molecule has 2 aromatic rings. The average molecular weight is 281 g/mol.